The van der Waals surface area contributed by atoms with E-state index in [0.717, 1.165) is 11.1 Å². The first kappa shape index (κ1) is 24.1. The molecular weight excluding hydrogens is 440 g/mol. The monoisotopic (exact) mass is 466 g/mol. The number of hydrogen-bond acceptors (Lipinski definition) is 4. The van der Waals surface area contributed by atoms with Crippen molar-refractivity contribution in [1.82, 2.24) is 10.2 Å². The molecule has 0 saturated heterocycles. The summed E-state index contributed by atoms with van der Waals surface area (Å²) in [6, 6.07) is 23.2. The summed E-state index contributed by atoms with van der Waals surface area (Å²) in [5.41, 5.74) is 1.78. The van der Waals surface area contributed by atoms with Gasteiger partial charge in [-0.15, -0.1) is 0 Å². The summed E-state index contributed by atoms with van der Waals surface area (Å²) in [7, 11) is 3.15. The quantitative estimate of drug-likeness (QED) is 0.488. The first-order valence-corrected chi connectivity index (χ1v) is 10.9. The van der Waals surface area contributed by atoms with Crippen LogP contribution in [0.1, 0.15) is 11.1 Å². The van der Waals surface area contributed by atoms with Crippen molar-refractivity contribution in [2.45, 2.75) is 19.0 Å². The molecule has 0 aliphatic heterocycles. The van der Waals surface area contributed by atoms with Gasteiger partial charge in [-0.05, 0) is 35.4 Å². The van der Waals surface area contributed by atoms with Gasteiger partial charge in [0.15, 0.2) is 6.61 Å². The number of carbonyl (C=O) groups is 2. The van der Waals surface area contributed by atoms with Gasteiger partial charge in [0.05, 0.1) is 12.1 Å². The summed E-state index contributed by atoms with van der Waals surface area (Å²) >= 11 is 6.17. The van der Waals surface area contributed by atoms with Crippen LogP contribution < -0.4 is 14.8 Å². The van der Waals surface area contributed by atoms with E-state index in [-0.39, 0.29) is 25.0 Å². The van der Waals surface area contributed by atoms with Crippen molar-refractivity contribution in [3.63, 3.8) is 0 Å². The number of benzene rings is 3. The molecule has 2 amide bonds. The van der Waals surface area contributed by atoms with Crippen molar-refractivity contribution >= 4 is 23.4 Å². The molecule has 3 aromatic rings. The lowest BCUT2D eigenvalue weighted by Crippen LogP contribution is -2.51. The summed E-state index contributed by atoms with van der Waals surface area (Å²) in [5, 5.41) is 3.11. The second-order valence-corrected chi connectivity index (χ2v) is 7.82. The maximum absolute atomic E-state index is 13.4. The van der Waals surface area contributed by atoms with E-state index in [1.807, 2.05) is 54.6 Å². The third kappa shape index (κ3) is 6.73. The molecular formula is C26H27ClN2O4. The molecule has 0 fully saturated rings. The molecule has 33 heavy (non-hydrogen) atoms. The van der Waals surface area contributed by atoms with E-state index >= 15 is 0 Å². The number of carbonyl (C=O) groups excluding carboxylic acids is 2. The van der Waals surface area contributed by atoms with Crippen LogP contribution in [0.25, 0.3) is 0 Å². The van der Waals surface area contributed by atoms with Crippen LogP contribution in [0, 0.1) is 0 Å². The van der Waals surface area contributed by atoms with Gasteiger partial charge in [0.1, 0.15) is 17.5 Å². The standard InChI is InChI=1S/C26H27ClN2O4/c1-28-26(31)23(16-19-9-4-3-5-10-19)29(17-20-11-8-12-21(15-20)32-2)25(30)18-33-24-14-7-6-13-22(24)27/h3-15,23H,16-18H2,1-2H3,(H,28,31). The van der Waals surface area contributed by atoms with Crippen molar-refractivity contribution in [2.75, 3.05) is 20.8 Å². The summed E-state index contributed by atoms with van der Waals surface area (Å²) in [6.45, 7) is -0.0389. The van der Waals surface area contributed by atoms with E-state index in [1.54, 1.807) is 38.4 Å². The Morgan fingerprint density at radius 1 is 0.970 bits per heavy atom. The van der Waals surface area contributed by atoms with Crippen LogP contribution >= 0.6 is 11.6 Å². The Labute approximate surface area is 199 Å². The highest BCUT2D eigenvalue weighted by Crippen LogP contribution is 2.24. The molecule has 0 bridgehead atoms. The van der Waals surface area contributed by atoms with Crippen molar-refractivity contribution in [3.05, 3.63) is 95.0 Å². The lowest BCUT2D eigenvalue weighted by atomic mass is 10.0. The molecule has 0 spiro atoms. The van der Waals surface area contributed by atoms with Crippen LogP contribution in [0.2, 0.25) is 5.02 Å². The fraction of sp³-hybridized carbons (Fsp3) is 0.231. The number of amides is 2. The number of methoxy groups -OCH3 is 1. The Kier molecular flexibility index (Phi) is 8.72. The second kappa shape index (κ2) is 11.9. The molecule has 0 heterocycles. The molecule has 6 nitrogen and oxygen atoms in total. The zero-order valence-electron chi connectivity index (χ0n) is 18.7. The van der Waals surface area contributed by atoms with Gasteiger partial charge < -0.3 is 19.7 Å². The zero-order valence-corrected chi connectivity index (χ0v) is 19.4. The van der Waals surface area contributed by atoms with Crippen molar-refractivity contribution in [3.8, 4) is 11.5 Å². The predicted molar refractivity (Wildman–Crippen MR) is 128 cm³/mol. The predicted octanol–water partition coefficient (Wildman–Crippen LogP) is 4.11. The van der Waals surface area contributed by atoms with E-state index in [9.17, 15) is 9.59 Å². The van der Waals surface area contributed by atoms with E-state index in [0.29, 0.717) is 22.9 Å². The zero-order chi connectivity index (χ0) is 23.6. The first-order chi connectivity index (χ1) is 16.0. The Morgan fingerprint density at radius 3 is 2.36 bits per heavy atom. The van der Waals surface area contributed by atoms with Gasteiger partial charge in [0.25, 0.3) is 5.91 Å². The molecule has 1 atom stereocenters. The third-order valence-corrected chi connectivity index (χ3v) is 5.50. The van der Waals surface area contributed by atoms with Crippen LogP contribution in [0.3, 0.4) is 0 Å². The van der Waals surface area contributed by atoms with Crippen LogP contribution in [-0.2, 0) is 22.6 Å². The molecule has 3 rings (SSSR count). The van der Waals surface area contributed by atoms with Gasteiger partial charge in [-0.25, -0.2) is 0 Å². The van der Waals surface area contributed by atoms with E-state index in [2.05, 4.69) is 5.32 Å². The molecule has 0 aliphatic rings. The third-order valence-electron chi connectivity index (χ3n) is 5.19. The summed E-state index contributed by atoms with van der Waals surface area (Å²) in [6.07, 6.45) is 0.363. The van der Waals surface area contributed by atoms with E-state index in [4.69, 9.17) is 21.1 Å². The topological polar surface area (TPSA) is 67.9 Å². The van der Waals surface area contributed by atoms with E-state index in [1.165, 1.54) is 4.90 Å². The van der Waals surface area contributed by atoms with Crippen molar-refractivity contribution in [1.29, 1.82) is 0 Å². The Morgan fingerprint density at radius 2 is 1.67 bits per heavy atom. The van der Waals surface area contributed by atoms with E-state index < -0.39 is 6.04 Å². The molecule has 0 radical (unpaired) electrons. The highest BCUT2D eigenvalue weighted by molar-refractivity contribution is 6.32. The minimum absolute atomic E-state index is 0.215. The molecule has 172 valence electrons. The summed E-state index contributed by atoms with van der Waals surface area (Å²) < 4.78 is 11.0. The van der Waals surface area contributed by atoms with Gasteiger partial charge in [0, 0.05) is 20.0 Å². The summed E-state index contributed by atoms with van der Waals surface area (Å²) in [4.78, 5) is 27.8. The first-order valence-electron chi connectivity index (χ1n) is 10.6. The average Bonchev–Trinajstić information content (AvgIpc) is 2.85. The number of likely N-dealkylation sites (N-methyl/N-ethyl adjacent to an activating group) is 1. The Bertz CT molecular complexity index is 1070. The number of halogens is 1. The highest BCUT2D eigenvalue weighted by Gasteiger charge is 2.30. The van der Waals surface area contributed by atoms with Crippen molar-refractivity contribution in [2.24, 2.45) is 0 Å². The van der Waals surface area contributed by atoms with Crippen LogP contribution in [0.4, 0.5) is 0 Å². The van der Waals surface area contributed by atoms with Gasteiger partial charge in [-0.1, -0.05) is 66.2 Å². The average molecular weight is 467 g/mol. The molecule has 0 aromatic heterocycles. The fourth-order valence-electron chi connectivity index (χ4n) is 3.47. The number of nitrogens with one attached hydrogen (secondary N) is 1. The number of hydrogen-bond donors (Lipinski definition) is 1. The van der Waals surface area contributed by atoms with Gasteiger partial charge in [-0.3, -0.25) is 9.59 Å². The highest BCUT2D eigenvalue weighted by atomic mass is 35.5. The van der Waals surface area contributed by atoms with Gasteiger partial charge in [-0.2, -0.15) is 0 Å². The number of nitrogens with zero attached hydrogens (tertiary/aromatic N) is 1. The normalized spacial score (nSPS) is 11.4. The minimum atomic E-state index is -0.731. The molecule has 7 heteroatoms. The largest absolute Gasteiger partial charge is 0.497 e. The molecule has 1 N–H and O–H groups in total. The maximum atomic E-state index is 13.4. The maximum Gasteiger partial charge on any atom is 0.261 e. The smallest absolute Gasteiger partial charge is 0.261 e. The van der Waals surface area contributed by atoms with Crippen LogP contribution in [-0.4, -0.2) is 43.5 Å². The second-order valence-electron chi connectivity index (χ2n) is 7.41. The molecule has 0 saturated carbocycles. The van der Waals surface area contributed by atoms with Crippen LogP contribution in [0.15, 0.2) is 78.9 Å². The molecule has 1 unspecified atom stereocenters. The summed E-state index contributed by atoms with van der Waals surface area (Å²) in [5.74, 6) is 0.496. The lowest BCUT2D eigenvalue weighted by molar-refractivity contribution is -0.142. The minimum Gasteiger partial charge on any atom is -0.497 e. The Hall–Kier alpha value is -3.51. The number of ether oxygens (including phenoxy) is 2. The molecule has 3 aromatic carbocycles. The lowest BCUT2D eigenvalue weighted by Gasteiger charge is -2.31. The fourth-order valence-corrected chi connectivity index (χ4v) is 3.66. The van der Waals surface area contributed by atoms with Gasteiger partial charge in [0.2, 0.25) is 5.91 Å². The van der Waals surface area contributed by atoms with Crippen molar-refractivity contribution < 1.29 is 19.1 Å². The number of rotatable bonds is 10. The Balaban J connectivity index is 1.89. The SMILES string of the molecule is CNC(=O)C(Cc1ccccc1)N(Cc1cccc(OC)c1)C(=O)COc1ccccc1Cl. The number of para-hydroxylation sites is 1. The van der Waals surface area contributed by atoms with Gasteiger partial charge >= 0.3 is 0 Å². The van der Waals surface area contributed by atoms with Crippen LogP contribution in [0.5, 0.6) is 11.5 Å². The molecule has 0 aliphatic carbocycles.